The number of aromatic nitrogens is 6. The predicted molar refractivity (Wildman–Crippen MR) is 140 cm³/mol. The van der Waals surface area contributed by atoms with Crippen molar-refractivity contribution in [2.24, 2.45) is 0 Å². The summed E-state index contributed by atoms with van der Waals surface area (Å²) in [6, 6.07) is 3.56. The zero-order chi connectivity index (χ0) is 25.1. The fourth-order valence-corrected chi connectivity index (χ4v) is 4.51. The Labute approximate surface area is 222 Å². The van der Waals surface area contributed by atoms with E-state index in [1.807, 2.05) is 13.0 Å². The smallest absolute Gasteiger partial charge is 0.225 e. The zero-order valence-electron chi connectivity index (χ0n) is 19.5. The van der Waals surface area contributed by atoms with Crippen LogP contribution in [0.4, 0.5) is 11.6 Å². The van der Waals surface area contributed by atoms with Gasteiger partial charge in [-0.1, -0.05) is 23.2 Å². The van der Waals surface area contributed by atoms with Gasteiger partial charge in [-0.3, -0.25) is 0 Å². The number of hydrogen-bond acceptors (Lipinski definition) is 10. The molecule has 0 spiro atoms. The summed E-state index contributed by atoms with van der Waals surface area (Å²) in [7, 11) is 0. The number of halogens is 3. The van der Waals surface area contributed by atoms with Gasteiger partial charge in [0.15, 0.2) is 11.6 Å². The van der Waals surface area contributed by atoms with Crippen LogP contribution in [0.25, 0.3) is 22.1 Å². The number of ether oxygens (including phenoxy) is 2. The van der Waals surface area contributed by atoms with Gasteiger partial charge in [0.25, 0.3) is 0 Å². The Hall–Kier alpha value is -2.63. The van der Waals surface area contributed by atoms with Gasteiger partial charge < -0.3 is 19.3 Å². The summed E-state index contributed by atoms with van der Waals surface area (Å²) in [4.78, 5) is 30.2. The molecular formula is C23H23Cl3N8O2. The van der Waals surface area contributed by atoms with Crippen molar-refractivity contribution in [3.8, 4) is 0 Å². The van der Waals surface area contributed by atoms with E-state index < -0.39 is 0 Å². The summed E-state index contributed by atoms with van der Waals surface area (Å²) in [6.45, 7) is 7.87. The molecule has 0 radical (unpaired) electrons. The third kappa shape index (κ3) is 5.68. The average Bonchev–Trinajstić information content (AvgIpc) is 2.88. The van der Waals surface area contributed by atoms with E-state index in [1.165, 1.54) is 0 Å². The van der Waals surface area contributed by atoms with Gasteiger partial charge in [-0.15, -0.1) is 0 Å². The highest BCUT2D eigenvalue weighted by atomic mass is 35.5. The van der Waals surface area contributed by atoms with E-state index in [2.05, 4.69) is 39.7 Å². The van der Waals surface area contributed by atoms with E-state index in [0.29, 0.717) is 34.3 Å². The highest BCUT2D eigenvalue weighted by Crippen LogP contribution is 2.26. The number of anilines is 2. The fraction of sp³-hybridized carbons (Fsp3) is 0.391. The van der Waals surface area contributed by atoms with E-state index in [-0.39, 0.29) is 5.28 Å². The van der Waals surface area contributed by atoms with Crippen molar-refractivity contribution in [3.63, 3.8) is 0 Å². The van der Waals surface area contributed by atoms with Gasteiger partial charge in [0, 0.05) is 38.6 Å². The Morgan fingerprint density at radius 3 is 1.67 bits per heavy atom. The number of nitrogens with zero attached hydrogens (tertiary/aromatic N) is 8. The van der Waals surface area contributed by atoms with Crippen LogP contribution in [0.3, 0.4) is 0 Å². The van der Waals surface area contributed by atoms with Crippen LogP contribution in [0.5, 0.6) is 0 Å². The maximum atomic E-state index is 5.95. The third-order valence-electron chi connectivity index (χ3n) is 5.67. The summed E-state index contributed by atoms with van der Waals surface area (Å²) in [5.41, 5.74) is 2.96. The van der Waals surface area contributed by atoms with Gasteiger partial charge in [-0.05, 0) is 30.7 Å². The van der Waals surface area contributed by atoms with Gasteiger partial charge in [0.2, 0.25) is 5.28 Å². The van der Waals surface area contributed by atoms with Gasteiger partial charge in [-0.25, -0.2) is 24.9 Å². The second kappa shape index (κ2) is 11.2. The molecule has 0 aliphatic carbocycles. The predicted octanol–water partition coefficient (Wildman–Crippen LogP) is 3.99. The highest BCUT2D eigenvalue weighted by Gasteiger charge is 2.19. The molecule has 4 aromatic heterocycles. The molecule has 6 rings (SSSR count). The van der Waals surface area contributed by atoms with Crippen molar-refractivity contribution in [2.45, 2.75) is 6.92 Å². The number of aryl methyl sites for hydroxylation is 1. The second-order valence-electron chi connectivity index (χ2n) is 8.15. The molecule has 13 heteroatoms. The minimum Gasteiger partial charge on any atom is -0.378 e. The monoisotopic (exact) mass is 548 g/mol. The molecule has 2 saturated heterocycles. The van der Waals surface area contributed by atoms with Crippen LogP contribution in [0.1, 0.15) is 5.82 Å². The van der Waals surface area contributed by atoms with E-state index in [1.54, 1.807) is 18.5 Å². The highest BCUT2D eigenvalue weighted by molar-refractivity contribution is 6.31. The number of morpholine rings is 2. The van der Waals surface area contributed by atoms with E-state index in [4.69, 9.17) is 44.3 Å². The molecule has 2 aliphatic heterocycles. The maximum Gasteiger partial charge on any atom is 0.225 e. The lowest BCUT2D eigenvalue weighted by Crippen LogP contribution is -2.37. The van der Waals surface area contributed by atoms with Crippen LogP contribution in [0.2, 0.25) is 15.3 Å². The molecule has 0 amide bonds. The Morgan fingerprint density at radius 1 is 0.667 bits per heavy atom. The van der Waals surface area contributed by atoms with E-state index in [0.717, 1.165) is 67.9 Å². The first kappa shape index (κ1) is 25.0. The molecule has 0 saturated carbocycles. The van der Waals surface area contributed by atoms with Crippen LogP contribution in [-0.2, 0) is 9.47 Å². The Balaban J connectivity index is 0.000000148. The first-order chi connectivity index (χ1) is 17.5. The van der Waals surface area contributed by atoms with Crippen molar-refractivity contribution >= 4 is 68.5 Å². The van der Waals surface area contributed by atoms with Crippen LogP contribution in [0, 0.1) is 6.92 Å². The van der Waals surface area contributed by atoms with Gasteiger partial charge in [-0.2, -0.15) is 4.98 Å². The molecule has 188 valence electrons. The molecule has 0 unspecified atom stereocenters. The molecule has 0 atom stereocenters. The van der Waals surface area contributed by atoms with Crippen molar-refractivity contribution < 1.29 is 9.47 Å². The molecule has 2 fully saturated rings. The summed E-state index contributed by atoms with van der Waals surface area (Å²) in [6.07, 6.45) is 3.22. The zero-order valence-corrected chi connectivity index (χ0v) is 21.8. The van der Waals surface area contributed by atoms with Gasteiger partial charge in [0.05, 0.1) is 47.5 Å². The van der Waals surface area contributed by atoms with E-state index in [9.17, 15) is 0 Å². The molecule has 0 aromatic carbocycles. The third-order valence-corrected chi connectivity index (χ3v) is 6.26. The number of hydrogen-bond donors (Lipinski definition) is 0. The van der Waals surface area contributed by atoms with Crippen LogP contribution >= 0.6 is 34.8 Å². The lowest BCUT2D eigenvalue weighted by molar-refractivity contribution is 0.122. The van der Waals surface area contributed by atoms with Crippen molar-refractivity contribution in [1.29, 1.82) is 0 Å². The minimum absolute atomic E-state index is 0.202. The van der Waals surface area contributed by atoms with Crippen molar-refractivity contribution in [1.82, 2.24) is 29.9 Å². The molecule has 2 aliphatic rings. The number of rotatable bonds is 2. The van der Waals surface area contributed by atoms with Crippen molar-refractivity contribution in [3.05, 3.63) is 45.7 Å². The molecular weight excluding hydrogens is 527 g/mol. The van der Waals surface area contributed by atoms with Crippen LogP contribution < -0.4 is 9.80 Å². The Bertz CT molecular complexity index is 1270. The lowest BCUT2D eigenvalue weighted by Gasteiger charge is -2.28. The van der Waals surface area contributed by atoms with Gasteiger partial charge in [0.1, 0.15) is 16.9 Å². The van der Waals surface area contributed by atoms with Crippen LogP contribution in [-0.4, -0.2) is 82.5 Å². The lowest BCUT2D eigenvalue weighted by atomic mass is 10.3. The molecule has 4 aromatic rings. The Kier molecular flexibility index (Phi) is 7.78. The molecule has 10 nitrogen and oxygen atoms in total. The van der Waals surface area contributed by atoms with Crippen LogP contribution in [0.15, 0.2) is 24.5 Å². The summed E-state index contributed by atoms with van der Waals surface area (Å²) >= 11 is 17.8. The molecule has 0 bridgehead atoms. The minimum atomic E-state index is 0.202. The summed E-state index contributed by atoms with van der Waals surface area (Å²) in [5.74, 6) is 2.34. The first-order valence-corrected chi connectivity index (χ1v) is 12.6. The first-order valence-electron chi connectivity index (χ1n) is 11.4. The molecule has 6 heterocycles. The average molecular weight is 550 g/mol. The second-order valence-corrected chi connectivity index (χ2v) is 9.36. The Morgan fingerprint density at radius 2 is 1.14 bits per heavy atom. The number of fused-ring (bicyclic) bond motifs is 2. The van der Waals surface area contributed by atoms with Gasteiger partial charge >= 0.3 is 0 Å². The van der Waals surface area contributed by atoms with E-state index >= 15 is 0 Å². The quantitative estimate of drug-likeness (QED) is 0.341. The molecule has 36 heavy (non-hydrogen) atoms. The maximum absolute atomic E-state index is 5.95. The normalized spacial score (nSPS) is 16.2. The standard InChI is InChI=1S/C12H13ClN4O.C11H10Cl2N4O/c1-8-15-10-6-9(13)7-14-11(10)12(16-8)17-2-4-18-5-3-17;12-7-5-8-9(14-6-7)10(16-11(13)15-8)17-1-3-18-4-2-17/h6-7H,2-5H2,1H3;5-6H,1-4H2. The SMILES string of the molecule is Cc1nc(N2CCOCC2)c2ncc(Cl)cc2n1.Clc1cnc2c(N3CCOCC3)nc(Cl)nc2c1. The summed E-state index contributed by atoms with van der Waals surface area (Å²) in [5, 5.41) is 1.33. The number of pyridine rings is 2. The topological polar surface area (TPSA) is 102 Å². The van der Waals surface area contributed by atoms with Crippen molar-refractivity contribution in [2.75, 3.05) is 62.4 Å². The fourth-order valence-electron chi connectivity index (χ4n) is 4.03. The molecule has 0 N–H and O–H groups in total. The largest absolute Gasteiger partial charge is 0.378 e. The summed E-state index contributed by atoms with van der Waals surface area (Å²) < 4.78 is 10.7.